The van der Waals surface area contributed by atoms with Gasteiger partial charge in [-0.3, -0.25) is 13.9 Å². The first-order chi connectivity index (χ1) is 9.54. The Morgan fingerprint density at radius 1 is 1.35 bits per heavy atom. The predicted molar refractivity (Wildman–Crippen MR) is 74.0 cm³/mol. The van der Waals surface area contributed by atoms with Crippen molar-refractivity contribution in [1.29, 1.82) is 0 Å². The van der Waals surface area contributed by atoms with Gasteiger partial charge in [0.2, 0.25) is 5.95 Å². The Morgan fingerprint density at radius 2 is 2.10 bits per heavy atom. The van der Waals surface area contributed by atoms with Crippen LogP contribution >= 0.6 is 0 Å². The van der Waals surface area contributed by atoms with Gasteiger partial charge in [0.05, 0.1) is 12.6 Å². The number of nitrogens with one attached hydrogen (secondary N) is 1. The fourth-order valence-electron chi connectivity index (χ4n) is 2.75. The summed E-state index contributed by atoms with van der Waals surface area (Å²) in [7, 11) is 3.03. The summed E-state index contributed by atoms with van der Waals surface area (Å²) in [6.45, 7) is 0.827. The second-order valence-corrected chi connectivity index (χ2v) is 5.14. The predicted octanol–water partition coefficient (Wildman–Crippen LogP) is -1.08. The first kappa shape index (κ1) is 12.9. The molecule has 0 radical (unpaired) electrons. The van der Waals surface area contributed by atoms with E-state index in [1.54, 1.807) is 7.05 Å². The van der Waals surface area contributed by atoms with E-state index in [0.29, 0.717) is 17.1 Å². The summed E-state index contributed by atoms with van der Waals surface area (Å²) in [5, 5.41) is 9.37. The number of imidazole rings is 1. The molecule has 1 aliphatic rings. The van der Waals surface area contributed by atoms with E-state index < -0.39 is 5.69 Å². The van der Waals surface area contributed by atoms with Crippen LogP contribution in [0.3, 0.4) is 0 Å². The first-order valence-corrected chi connectivity index (χ1v) is 6.58. The molecule has 0 amide bonds. The molecule has 2 N–H and O–H groups in total. The minimum Gasteiger partial charge on any atom is -0.394 e. The molecule has 0 aromatic carbocycles. The Bertz CT molecular complexity index is 772. The Labute approximate surface area is 114 Å². The van der Waals surface area contributed by atoms with Crippen LogP contribution in [0, 0.1) is 0 Å². The highest BCUT2D eigenvalue weighted by molar-refractivity contribution is 5.73. The molecule has 0 aliphatic carbocycles. The largest absolute Gasteiger partial charge is 0.394 e. The molecule has 8 nitrogen and oxygen atoms in total. The molecule has 3 heterocycles. The fraction of sp³-hybridized carbons (Fsp3) is 0.583. The van der Waals surface area contributed by atoms with Crippen molar-refractivity contribution < 1.29 is 5.11 Å². The third kappa shape index (κ3) is 1.68. The molecular weight excluding hydrogens is 262 g/mol. The third-order valence-electron chi connectivity index (χ3n) is 3.94. The lowest BCUT2D eigenvalue weighted by molar-refractivity contribution is 0.265. The number of anilines is 1. The van der Waals surface area contributed by atoms with Crippen LogP contribution in [0.25, 0.3) is 11.2 Å². The summed E-state index contributed by atoms with van der Waals surface area (Å²) in [6, 6.07) is 0.0106. The maximum atomic E-state index is 12.1. The summed E-state index contributed by atoms with van der Waals surface area (Å²) in [5.74, 6) is 0.537. The molecule has 1 saturated heterocycles. The van der Waals surface area contributed by atoms with Crippen molar-refractivity contribution in [2.45, 2.75) is 18.9 Å². The van der Waals surface area contributed by atoms with Crippen LogP contribution in [-0.4, -0.2) is 43.4 Å². The standard InChI is InChI=1S/C12H17N5O3/c1-15-9-8(10(19)16(2)12(15)20)13-11(14-9)17-5-3-4-7(17)6-18/h7,18H,3-6H2,1-2H3,(H,13,14). The summed E-state index contributed by atoms with van der Waals surface area (Å²) < 4.78 is 2.40. The number of rotatable bonds is 2. The molecule has 20 heavy (non-hydrogen) atoms. The number of aryl methyl sites for hydroxylation is 1. The number of fused-ring (bicyclic) bond motifs is 1. The van der Waals surface area contributed by atoms with E-state index in [4.69, 9.17) is 0 Å². The number of nitrogens with zero attached hydrogens (tertiary/aromatic N) is 4. The zero-order valence-electron chi connectivity index (χ0n) is 11.5. The fourth-order valence-corrected chi connectivity index (χ4v) is 2.75. The van der Waals surface area contributed by atoms with Gasteiger partial charge in [0.1, 0.15) is 0 Å². The van der Waals surface area contributed by atoms with E-state index in [1.165, 1.54) is 11.6 Å². The highest BCUT2D eigenvalue weighted by atomic mass is 16.3. The molecule has 1 unspecified atom stereocenters. The van der Waals surface area contributed by atoms with Crippen LogP contribution in [0.15, 0.2) is 9.59 Å². The lowest BCUT2D eigenvalue weighted by atomic mass is 10.2. The summed E-state index contributed by atoms with van der Waals surface area (Å²) in [6.07, 6.45) is 1.86. The molecule has 1 aliphatic heterocycles. The van der Waals surface area contributed by atoms with Crippen molar-refractivity contribution in [3.63, 3.8) is 0 Å². The van der Waals surface area contributed by atoms with Gasteiger partial charge in [0, 0.05) is 20.6 Å². The van der Waals surface area contributed by atoms with Crippen molar-refractivity contribution >= 4 is 17.1 Å². The van der Waals surface area contributed by atoms with Gasteiger partial charge < -0.3 is 15.0 Å². The van der Waals surface area contributed by atoms with E-state index in [2.05, 4.69) is 9.97 Å². The van der Waals surface area contributed by atoms with E-state index in [-0.39, 0.29) is 18.2 Å². The first-order valence-electron chi connectivity index (χ1n) is 6.58. The number of aromatic amines is 1. The molecule has 1 atom stereocenters. The number of H-pyrrole nitrogens is 1. The molecule has 0 bridgehead atoms. The molecule has 0 saturated carbocycles. The zero-order chi connectivity index (χ0) is 14.4. The Balaban J connectivity index is 2.21. The quantitative estimate of drug-likeness (QED) is 0.729. The number of hydrogen-bond acceptors (Lipinski definition) is 5. The maximum absolute atomic E-state index is 12.1. The minimum absolute atomic E-state index is 0.0106. The molecule has 8 heteroatoms. The third-order valence-corrected chi connectivity index (χ3v) is 3.94. The van der Waals surface area contributed by atoms with Crippen molar-refractivity contribution in [3.8, 4) is 0 Å². The smallest absolute Gasteiger partial charge is 0.332 e. The number of aromatic nitrogens is 4. The lowest BCUT2D eigenvalue weighted by Gasteiger charge is -2.21. The van der Waals surface area contributed by atoms with Crippen LogP contribution in [0.2, 0.25) is 0 Å². The highest BCUT2D eigenvalue weighted by Crippen LogP contribution is 2.23. The van der Waals surface area contributed by atoms with Gasteiger partial charge >= 0.3 is 5.69 Å². The van der Waals surface area contributed by atoms with E-state index in [9.17, 15) is 14.7 Å². The Kier molecular flexibility index (Phi) is 2.89. The lowest BCUT2D eigenvalue weighted by Crippen LogP contribution is -2.36. The second-order valence-electron chi connectivity index (χ2n) is 5.14. The summed E-state index contributed by atoms with van der Waals surface area (Å²) in [5.41, 5.74) is -0.132. The molecule has 2 aromatic rings. The van der Waals surface area contributed by atoms with E-state index in [0.717, 1.165) is 24.0 Å². The van der Waals surface area contributed by atoms with Crippen LogP contribution in [0.5, 0.6) is 0 Å². The van der Waals surface area contributed by atoms with Crippen molar-refractivity contribution in [2.75, 3.05) is 18.1 Å². The van der Waals surface area contributed by atoms with Gasteiger partial charge in [-0.1, -0.05) is 0 Å². The van der Waals surface area contributed by atoms with Crippen molar-refractivity contribution in [1.82, 2.24) is 19.1 Å². The SMILES string of the molecule is Cn1c(=O)c2[nH]c(N3CCCC3CO)nc2n(C)c1=O. The van der Waals surface area contributed by atoms with Crippen LogP contribution in [-0.2, 0) is 14.1 Å². The molecule has 2 aromatic heterocycles. The van der Waals surface area contributed by atoms with Crippen molar-refractivity contribution in [2.24, 2.45) is 14.1 Å². The normalized spacial score (nSPS) is 19.1. The van der Waals surface area contributed by atoms with Crippen LogP contribution in [0.1, 0.15) is 12.8 Å². The number of aliphatic hydroxyl groups is 1. The maximum Gasteiger partial charge on any atom is 0.332 e. The average Bonchev–Trinajstić information content (AvgIpc) is 3.08. The monoisotopic (exact) mass is 279 g/mol. The summed E-state index contributed by atoms with van der Waals surface area (Å²) in [4.78, 5) is 33.3. The Hall–Kier alpha value is -2.09. The zero-order valence-corrected chi connectivity index (χ0v) is 11.5. The second kappa shape index (κ2) is 4.48. The molecule has 108 valence electrons. The molecular formula is C12H17N5O3. The van der Waals surface area contributed by atoms with Crippen LogP contribution in [0.4, 0.5) is 5.95 Å². The van der Waals surface area contributed by atoms with E-state index in [1.807, 2.05) is 4.90 Å². The van der Waals surface area contributed by atoms with E-state index >= 15 is 0 Å². The molecule has 1 fully saturated rings. The topological polar surface area (TPSA) is 96.2 Å². The van der Waals surface area contributed by atoms with Crippen molar-refractivity contribution in [3.05, 3.63) is 20.8 Å². The average molecular weight is 279 g/mol. The highest BCUT2D eigenvalue weighted by Gasteiger charge is 2.27. The van der Waals surface area contributed by atoms with Gasteiger partial charge in [-0.2, -0.15) is 4.98 Å². The van der Waals surface area contributed by atoms with Gasteiger partial charge in [0.25, 0.3) is 5.56 Å². The number of hydrogen-bond donors (Lipinski definition) is 2. The van der Waals surface area contributed by atoms with Gasteiger partial charge in [0.15, 0.2) is 11.2 Å². The number of aliphatic hydroxyl groups excluding tert-OH is 1. The van der Waals surface area contributed by atoms with Gasteiger partial charge in [-0.05, 0) is 12.8 Å². The summed E-state index contributed by atoms with van der Waals surface area (Å²) >= 11 is 0. The molecule has 0 spiro atoms. The van der Waals surface area contributed by atoms with Gasteiger partial charge in [-0.25, -0.2) is 4.79 Å². The van der Waals surface area contributed by atoms with Crippen LogP contribution < -0.4 is 16.1 Å². The Morgan fingerprint density at radius 3 is 2.80 bits per heavy atom. The minimum atomic E-state index is -0.402. The van der Waals surface area contributed by atoms with Gasteiger partial charge in [-0.15, -0.1) is 0 Å². The molecule has 3 rings (SSSR count).